The Morgan fingerprint density at radius 2 is 2.29 bits per heavy atom. The lowest BCUT2D eigenvalue weighted by atomic mass is 10.0. The molecule has 4 rings (SSSR count). The number of halogens is 1. The molecule has 3 atom stereocenters. The zero-order chi connectivity index (χ0) is 16.7. The first-order valence-corrected chi connectivity index (χ1v) is 8.99. The third kappa shape index (κ3) is 3.20. The van der Waals surface area contributed by atoms with E-state index in [1.165, 1.54) is 11.1 Å². The van der Waals surface area contributed by atoms with Crippen LogP contribution in [0, 0.1) is 11.8 Å². The minimum absolute atomic E-state index is 0.153. The summed E-state index contributed by atoms with van der Waals surface area (Å²) in [5, 5.41) is 4.98. The molecule has 0 spiro atoms. The molecular formula is C19H22ClN3O. The van der Waals surface area contributed by atoms with Crippen LogP contribution in [0.4, 0.5) is 0 Å². The van der Waals surface area contributed by atoms with E-state index in [4.69, 9.17) is 11.6 Å². The number of rotatable bonds is 4. The predicted octanol–water partition coefficient (Wildman–Crippen LogP) is 3.27. The zero-order valence-corrected chi connectivity index (χ0v) is 14.6. The van der Waals surface area contributed by atoms with Gasteiger partial charge in [-0.2, -0.15) is 5.10 Å². The minimum Gasteiger partial charge on any atom is -0.342 e. The van der Waals surface area contributed by atoms with E-state index in [0.29, 0.717) is 17.7 Å². The average molecular weight is 344 g/mol. The number of nitrogens with zero attached hydrogens (tertiary/aromatic N) is 3. The normalized spacial score (nSPS) is 25.9. The number of carbonyl (C=O) groups is 1. The Labute approximate surface area is 147 Å². The van der Waals surface area contributed by atoms with Gasteiger partial charge < -0.3 is 4.90 Å². The highest BCUT2D eigenvalue weighted by Gasteiger charge is 2.46. The van der Waals surface area contributed by atoms with Gasteiger partial charge in [0.15, 0.2) is 0 Å². The van der Waals surface area contributed by atoms with Crippen LogP contribution in [0.5, 0.6) is 0 Å². The Kier molecular flexibility index (Phi) is 4.09. The standard InChI is InChI=1S/C19H22ClN3O/c1-22-11-14(10-21-22)7-13-5-6-23(12-13)19(24)18-9-17(18)15-3-2-4-16(20)8-15/h2-4,8,10-11,13,17-18H,5-7,9,12H2,1H3/t13-,17-,18+/m0/s1. The van der Waals surface area contributed by atoms with Crippen LogP contribution >= 0.6 is 11.6 Å². The number of carbonyl (C=O) groups excluding carboxylic acids is 1. The molecule has 0 radical (unpaired) electrons. The number of aryl methyl sites for hydroxylation is 1. The van der Waals surface area contributed by atoms with E-state index >= 15 is 0 Å². The average Bonchev–Trinajstić information content (AvgIpc) is 3.06. The molecule has 1 aromatic carbocycles. The molecule has 2 aromatic rings. The fourth-order valence-corrected chi connectivity index (χ4v) is 4.12. The van der Waals surface area contributed by atoms with E-state index in [9.17, 15) is 4.79 Å². The first kappa shape index (κ1) is 15.7. The van der Waals surface area contributed by atoms with Gasteiger partial charge in [0.25, 0.3) is 0 Å². The fourth-order valence-electron chi connectivity index (χ4n) is 3.92. The van der Waals surface area contributed by atoms with Gasteiger partial charge in [0.05, 0.1) is 6.20 Å². The lowest BCUT2D eigenvalue weighted by Crippen LogP contribution is -2.30. The molecule has 1 amide bonds. The molecule has 126 valence electrons. The highest BCUT2D eigenvalue weighted by Crippen LogP contribution is 2.49. The molecule has 0 bridgehead atoms. The van der Waals surface area contributed by atoms with Crippen LogP contribution in [0.3, 0.4) is 0 Å². The molecule has 2 aliphatic rings. The quantitative estimate of drug-likeness (QED) is 0.854. The summed E-state index contributed by atoms with van der Waals surface area (Å²) >= 11 is 6.07. The topological polar surface area (TPSA) is 38.1 Å². The maximum Gasteiger partial charge on any atom is 0.226 e. The van der Waals surface area contributed by atoms with E-state index < -0.39 is 0 Å². The van der Waals surface area contributed by atoms with Crippen LogP contribution in [-0.2, 0) is 18.3 Å². The molecule has 2 heterocycles. The summed E-state index contributed by atoms with van der Waals surface area (Å²) in [6, 6.07) is 7.93. The van der Waals surface area contributed by atoms with Gasteiger partial charge in [-0.25, -0.2) is 0 Å². The SMILES string of the molecule is Cn1cc(C[C@@H]2CCN(C(=O)[C@@H]3C[C@H]3c3cccc(Cl)c3)C2)cn1. The van der Waals surface area contributed by atoms with Gasteiger partial charge in [0.1, 0.15) is 0 Å². The smallest absolute Gasteiger partial charge is 0.226 e. The molecule has 1 aliphatic carbocycles. The Bertz CT molecular complexity index is 757. The van der Waals surface area contributed by atoms with E-state index in [1.54, 1.807) is 0 Å². The van der Waals surface area contributed by atoms with Crippen molar-refractivity contribution in [2.24, 2.45) is 18.9 Å². The number of aromatic nitrogens is 2. The van der Waals surface area contributed by atoms with Crippen molar-refractivity contribution in [1.82, 2.24) is 14.7 Å². The van der Waals surface area contributed by atoms with Crippen LogP contribution in [0.1, 0.15) is 29.9 Å². The summed E-state index contributed by atoms with van der Waals surface area (Å²) in [6.07, 6.45) is 7.07. The van der Waals surface area contributed by atoms with Gasteiger partial charge in [-0.1, -0.05) is 23.7 Å². The molecule has 0 N–H and O–H groups in total. The fraction of sp³-hybridized carbons (Fsp3) is 0.474. The molecule has 5 heteroatoms. The van der Waals surface area contributed by atoms with Crippen LogP contribution in [0.25, 0.3) is 0 Å². The minimum atomic E-state index is 0.153. The highest BCUT2D eigenvalue weighted by molar-refractivity contribution is 6.30. The van der Waals surface area contributed by atoms with Crippen LogP contribution in [0.15, 0.2) is 36.7 Å². The van der Waals surface area contributed by atoms with Gasteiger partial charge in [-0.15, -0.1) is 0 Å². The molecular weight excluding hydrogens is 322 g/mol. The number of likely N-dealkylation sites (tertiary alicyclic amines) is 1. The summed E-state index contributed by atoms with van der Waals surface area (Å²) in [4.78, 5) is 14.8. The maximum atomic E-state index is 12.8. The maximum absolute atomic E-state index is 12.8. The van der Waals surface area contributed by atoms with Crippen molar-refractivity contribution in [2.75, 3.05) is 13.1 Å². The van der Waals surface area contributed by atoms with Crippen LogP contribution in [-0.4, -0.2) is 33.7 Å². The molecule has 1 saturated heterocycles. The summed E-state index contributed by atoms with van der Waals surface area (Å²) in [7, 11) is 1.94. The van der Waals surface area contributed by atoms with Crippen molar-refractivity contribution in [3.63, 3.8) is 0 Å². The van der Waals surface area contributed by atoms with E-state index in [0.717, 1.165) is 37.4 Å². The Balaban J connectivity index is 1.33. The molecule has 2 fully saturated rings. The molecule has 24 heavy (non-hydrogen) atoms. The molecule has 1 aliphatic heterocycles. The lowest BCUT2D eigenvalue weighted by Gasteiger charge is -2.16. The number of hydrogen-bond acceptors (Lipinski definition) is 2. The van der Waals surface area contributed by atoms with Gasteiger partial charge in [0.2, 0.25) is 5.91 Å². The third-order valence-electron chi connectivity index (χ3n) is 5.26. The zero-order valence-electron chi connectivity index (χ0n) is 13.9. The summed E-state index contributed by atoms with van der Waals surface area (Å²) in [6.45, 7) is 1.77. The second-order valence-corrected chi connectivity index (χ2v) is 7.61. The van der Waals surface area contributed by atoms with Crippen molar-refractivity contribution in [1.29, 1.82) is 0 Å². The van der Waals surface area contributed by atoms with E-state index in [-0.39, 0.29) is 5.92 Å². The van der Waals surface area contributed by atoms with Gasteiger partial charge in [0, 0.05) is 37.3 Å². The Morgan fingerprint density at radius 1 is 1.42 bits per heavy atom. The van der Waals surface area contributed by atoms with Crippen molar-refractivity contribution < 1.29 is 4.79 Å². The van der Waals surface area contributed by atoms with Crippen molar-refractivity contribution in [2.45, 2.75) is 25.2 Å². The second kappa shape index (κ2) is 6.25. The van der Waals surface area contributed by atoms with Gasteiger partial charge in [-0.3, -0.25) is 9.48 Å². The van der Waals surface area contributed by atoms with Crippen LogP contribution < -0.4 is 0 Å². The highest BCUT2D eigenvalue weighted by atomic mass is 35.5. The van der Waals surface area contributed by atoms with E-state index in [2.05, 4.69) is 22.3 Å². The number of benzene rings is 1. The van der Waals surface area contributed by atoms with Crippen molar-refractivity contribution in [3.05, 3.63) is 52.8 Å². The first-order valence-electron chi connectivity index (χ1n) is 8.62. The number of hydrogen-bond donors (Lipinski definition) is 0. The van der Waals surface area contributed by atoms with Gasteiger partial charge in [-0.05, 0) is 54.4 Å². The Morgan fingerprint density at radius 3 is 3.04 bits per heavy atom. The predicted molar refractivity (Wildman–Crippen MR) is 93.9 cm³/mol. The molecule has 1 aromatic heterocycles. The summed E-state index contributed by atoms with van der Waals surface area (Å²) in [5.41, 5.74) is 2.46. The second-order valence-electron chi connectivity index (χ2n) is 7.17. The van der Waals surface area contributed by atoms with Crippen LogP contribution in [0.2, 0.25) is 5.02 Å². The summed E-state index contributed by atoms with van der Waals surface area (Å²) in [5.74, 6) is 1.39. The molecule has 4 nitrogen and oxygen atoms in total. The third-order valence-corrected chi connectivity index (χ3v) is 5.50. The Hall–Kier alpha value is -1.81. The summed E-state index contributed by atoms with van der Waals surface area (Å²) < 4.78 is 1.84. The van der Waals surface area contributed by atoms with Crippen molar-refractivity contribution >= 4 is 17.5 Å². The van der Waals surface area contributed by atoms with E-state index in [1.807, 2.05) is 36.1 Å². The molecule has 0 unspecified atom stereocenters. The first-order chi connectivity index (χ1) is 11.6. The molecule has 1 saturated carbocycles. The van der Waals surface area contributed by atoms with Gasteiger partial charge >= 0.3 is 0 Å². The lowest BCUT2D eigenvalue weighted by molar-refractivity contribution is -0.131. The largest absolute Gasteiger partial charge is 0.342 e. The van der Waals surface area contributed by atoms with Crippen molar-refractivity contribution in [3.8, 4) is 0 Å². The number of amides is 1. The monoisotopic (exact) mass is 343 g/mol.